The Hall–Kier alpha value is -0.421. The molecule has 0 heterocycles. The average molecular weight is 497 g/mol. The molecule has 4 heteroatoms. The van der Waals surface area contributed by atoms with Gasteiger partial charge in [-0.2, -0.15) is 12.6 Å². The van der Waals surface area contributed by atoms with Gasteiger partial charge in [-0.05, 0) is 29.4 Å². The van der Waals surface area contributed by atoms with E-state index in [1.165, 1.54) is 38.5 Å². The number of carbonyl (C=O) groups is 1. The Morgan fingerprint density at radius 3 is 1.81 bits per heavy atom. The molecule has 152 valence electrons. The number of carbonyl (C=O) groups excluding carboxylic acids is 1. The number of unbranched alkanes of at least 4 members (excludes halogenated alkanes) is 3. The van der Waals surface area contributed by atoms with Crippen LogP contribution in [0.5, 0.6) is 0 Å². The first-order chi connectivity index (χ1) is 13.1. The Labute approximate surface area is 180 Å². The Morgan fingerprint density at radius 1 is 0.963 bits per heavy atom. The van der Waals surface area contributed by atoms with Gasteiger partial charge in [0.1, 0.15) is 0 Å². The van der Waals surface area contributed by atoms with Crippen LogP contribution >= 0.6 is 12.6 Å². The van der Waals surface area contributed by atoms with E-state index in [0.717, 1.165) is 5.56 Å². The fourth-order valence-electron chi connectivity index (χ4n) is 2.76. The standard InChI is InChI=1S/C11H12O2S.3C4H9.Sn/c12-11(13)10(6-7-14)8-9-4-2-1-3-5-9;3*1-3-4-2;/h1-5,8,14H,6-7H2,(H,12,13);3*1,3-4H2,2H3;/q;;;;+1/p-1. The number of thiol groups is 1. The predicted molar refractivity (Wildman–Crippen MR) is 123 cm³/mol. The van der Waals surface area contributed by atoms with Gasteiger partial charge in [0, 0.05) is 0 Å². The second kappa shape index (κ2) is 18.9. The Bertz CT molecular complexity index is 483. The predicted octanol–water partition coefficient (Wildman–Crippen LogP) is 6.02. The number of carboxylic acid groups (broad SMARTS) is 1. The molecular formula is C23H38O2SSn. The first-order valence-electron chi connectivity index (χ1n) is 10.5. The van der Waals surface area contributed by atoms with Crippen LogP contribution in [-0.2, 0) is 4.79 Å². The first-order valence-corrected chi connectivity index (χ1v) is 17.2. The van der Waals surface area contributed by atoms with Crippen LogP contribution in [0.4, 0.5) is 0 Å². The maximum atomic E-state index is 10.7. The molecule has 0 spiro atoms. The Morgan fingerprint density at radius 2 is 1.44 bits per heavy atom. The van der Waals surface area contributed by atoms with E-state index in [1.807, 2.05) is 30.3 Å². The molecule has 27 heavy (non-hydrogen) atoms. The molecule has 0 saturated carbocycles. The van der Waals surface area contributed by atoms with Crippen molar-refractivity contribution in [1.29, 1.82) is 0 Å². The van der Waals surface area contributed by atoms with Crippen LogP contribution in [0.15, 0.2) is 35.9 Å². The summed E-state index contributed by atoms with van der Waals surface area (Å²) < 4.78 is 5.04. The summed E-state index contributed by atoms with van der Waals surface area (Å²) in [5.74, 6) is -0.616. The topological polar surface area (TPSA) is 40.1 Å². The van der Waals surface area contributed by atoms with Gasteiger partial charge in [-0.3, -0.25) is 0 Å². The number of carboxylic acids is 1. The van der Waals surface area contributed by atoms with Crippen molar-refractivity contribution in [3.8, 4) is 0 Å². The van der Waals surface area contributed by atoms with Crippen molar-refractivity contribution in [1.82, 2.24) is 0 Å². The molecule has 0 atom stereocenters. The smallest absolute Gasteiger partial charge is 0.0675 e. The maximum absolute atomic E-state index is 10.7. The van der Waals surface area contributed by atoms with Gasteiger partial charge in [0.2, 0.25) is 0 Å². The number of aliphatic carboxylic acids is 1. The number of hydrogen-bond acceptors (Lipinski definition) is 3. The van der Waals surface area contributed by atoms with Crippen molar-refractivity contribution in [2.75, 3.05) is 5.75 Å². The van der Waals surface area contributed by atoms with E-state index in [4.69, 9.17) is 0 Å². The second-order valence-corrected chi connectivity index (χ2v) is 15.9. The van der Waals surface area contributed by atoms with Crippen LogP contribution in [-0.4, -0.2) is 31.5 Å². The zero-order valence-electron chi connectivity index (χ0n) is 17.5. The summed E-state index contributed by atoms with van der Waals surface area (Å²) in [6.07, 6.45) is 10.9. The summed E-state index contributed by atoms with van der Waals surface area (Å²) in [4.78, 5) is 10.7. The molecule has 0 amide bonds. The third kappa shape index (κ3) is 15.2. The van der Waals surface area contributed by atoms with E-state index in [-0.39, 0.29) is 5.57 Å². The van der Waals surface area contributed by atoms with Crippen molar-refractivity contribution >= 4 is 44.4 Å². The summed E-state index contributed by atoms with van der Waals surface area (Å²) >= 11 is 3.15. The van der Waals surface area contributed by atoms with Crippen LogP contribution in [0.2, 0.25) is 13.3 Å². The third-order valence-electron chi connectivity index (χ3n) is 4.44. The zero-order valence-corrected chi connectivity index (χ0v) is 21.3. The van der Waals surface area contributed by atoms with Crippen molar-refractivity contribution in [2.45, 2.75) is 79.0 Å². The minimum Gasteiger partial charge on any atom is -0.545 e. The van der Waals surface area contributed by atoms with Gasteiger partial charge in [-0.15, -0.1) is 0 Å². The van der Waals surface area contributed by atoms with E-state index in [9.17, 15) is 9.90 Å². The van der Waals surface area contributed by atoms with E-state index < -0.39 is 25.7 Å². The second-order valence-electron chi connectivity index (χ2n) is 6.90. The minimum absolute atomic E-state index is 0.284. The van der Waals surface area contributed by atoms with Gasteiger partial charge in [0.15, 0.2) is 0 Å². The molecule has 1 rings (SSSR count). The molecule has 2 nitrogen and oxygen atoms in total. The average Bonchev–Trinajstić information content (AvgIpc) is 2.68. The monoisotopic (exact) mass is 498 g/mol. The molecule has 0 radical (unpaired) electrons. The summed E-state index contributed by atoms with van der Waals surface area (Å²) in [7, 11) is 0. The quantitative estimate of drug-likeness (QED) is 0.206. The van der Waals surface area contributed by atoms with Crippen LogP contribution < -0.4 is 5.11 Å². The molecule has 0 saturated heterocycles. The number of hydrogen-bond donors (Lipinski definition) is 1. The number of benzene rings is 1. The van der Waals surface area contributed by atoms with Gasteiger partial charge in [-0.1, -0.05) is 30.3 Å². The molecule has 0 bridgehead atoms. The Kier molecular flexibility index (Phi) is 18.6. The van der Waals surface area contributed by atoms with Crippen molar-refractivity contribution in [3.05, 3.63) is 41.5 Å². The zero-order chi connectivity index (χ0) is 20.3. The Balaban J connectivity index is 0.000000503. The van der Waals surface area contributed by atoms with Crippen molar-refractivity contribution < 1.29 is 9.90 Å². The van der Waals surface area contributed by atoms with E-state index >= 15 is 0 Å². The van der Waals surface area contributed by atoms with Gasteiger partial charge in [0.25, 0.3) is 0 Å². The summed E-state index contributed by atoms with van der Waals surface area (Å²) in [5, 5.41) is 10.7. The SMILES string of the molecule is CCC[CH2][Sn+]([CH2]CCC)[CH2]CCC.O=C([O-])C(=Cc1ccccc1)CCS. The molecular weight excluding hydrogens is 459 g/mol. The molecule has 0 fully saturated rings. The molecule has 0 aromatic heterocycles. The van der Waals surface area contributed by atoms with Gasteiger partial charge in [-0.25, -0.2) is 0 Å². The van der Waals surface area contributed by atoms with E-state index in [1.54, 1.807) is 19.4 Å². The number of rotatable bonds is 13. The summed E-state index contributed by atoms with van der Waals surface area (Å²) in [6, 6.07) is 9.30. The summed E-state index contributed by atoms with van der Waals surface area (Å²) in [6.45, 7) is 7.00. The normalized spacial score (nSPS) is 10.9. The van der Waals surface area contributed by atoms with Gasteiger partial charge >= 0.3 is 92.4 Å². The van der Waals surface area contributed by atoms with Crippen LogP contribution in [0.1, 0.15) is 71.3 Å². The van der Waals surface area contributed by atoms with Crippen molar-refractivity contribution in [2.24, 2.45) is 0 Å². The molecule has 1 aromatic carbocycles. The van der Waals surface area contributed by atoms with E-state index in [2.05, 4.69) is 33.4 Å². The molecule has 0 aliphatic heterocycles. The molecule has 1 aromatic rings. The van der Waals surface area contributed by atoms with Gasteiger partial charge < -0.3 is 9.90 Å². The van der Waals surface area contributed by atoms with Crippen LogP contribution in [0, 0.1) is 0 Å². The van der Waals surface area contributed by atoms with Gasteiger partial charge in [0.05, 0.1) is 5.97 Å². The first kappa shape index (κ1) is 26.6. The fraction of sp³-hybridized carbons (Fsp3) is 0.609. The van der Waals surface area contributed by atoms with Crippen LogP contribution in [0.3, 0.4) is 0 Å². The summed E-state index contributed by atoms with van der Waals surface area (Å²) in [5.41, 5.74) is 1.15. The third-order valence-corrected chi connectivity index (χ3v) is 13.7. The molecule has 0 unspecified atom stereocenters. The van der Waals surface area contributed by atoms with Crippen LogP contribution in [0.25, 0.3) is 6.08 Å². The fourth-order valence-corrected chi connectivity index (χ4v) is 12.4. The minimum atomic E-state index is -1.12. The molecule has 0 aliphatic rings. The largest absolute Gasteiger partial charge is 0.545 e. The van der Waals surface area contributed by atoms with Crippen molar-refractivity contribution in [3.63, 3.8) is 0 Å². The van der Waals surface area contributed by atoms with E-state index in [0.29, 0.717) is 12.2 Å². The maximum Gasteiger partial charge on any atom is 0.0675 e. The molecule has 0 N–H and O–H groups in total. The molecule has 0 aliphatic carbocycles.